The number of nitrogens with one attached hydrogen (secondary N) is 1. The van der Waals surface area contributed by atoms with Gasteiger partial charge in [-0.1, -0.05) is 0 Å². The summed E-state index contributed by atoms with van der Waals surface area (Å²) in [6.07, 6.45) is 4.95. The number of hydrogen-bond acceptors (Lipinski definition) is 4. The maximum Gasteiger partial charge on any atom is 0.132 e. The Morgan fingerprint density at radius 3 is 2.36 bits per heavy atom. The molecule has 138 valence electrons. The third-order valence-corrected chi connectivity index (χ3v) is 5.31. The summed E-state index contributed by atoms with van der Waals surface area (Å²) in [5, 5.41) is 3.42. The normalized spacial score (nSPS) is 17.0. The van der Waals surface area contributed by atoms with Crippen molar-refractivity contribution in [3.8, 4) is 5.75 Å². The van der Waals surface area contributed by atoms with Crippen LogP contribution in [0.3, 0.4) is 0 Å². The summed E-state index contributed by atoms with van der Waals surface area (Å²) < 4.78 is 6.28. The Labute approximate surface area is 152 Å². The molecule has 2 aliphatic rings. The maximum atomic E-state index is 6.28. The highest BCUT2D eigenvalue weighted by Crippen LogP contribution is 2.30. The number of benzene rings is 1. The lowest BCUT2D eigenvalue weighted by Crippen LogP contribution is -2.39. The van der Waals surface area contributed by atoms with E-state index in [1.165, 1.54) is 36.8 Å². The number of rotatable bonds is 7. The highest BCUT2D eigenvalue weighted by molar-refractivity contribution is 6.02. The van der Waals surface area contributed by atoms with E-state index >= 15 is 0 Å². The molecule has 1 heterocycles. The average molecular weight is 344 g/mol. The summed E-state index contributed by atoms with van der Waals surface area (Å²) >= 11 is 0. The van der Waals surface area contributed by atoms with E-state index in [2.05, 4.69) is 55.0 Å². The fraction of sp³-hybridized carbons (Fsp3) is 0.667. The number of amidine groups is 1. The van der Waals surface area contributed by atoms with Gasteiger partial charge in [-0.15, -0.1) is 0 Å². The highest BCUT2D eigenvalue weighted by Gasteiger charge is 2.20. The molecule has 25 heavy (non-hydrogen) atoms. The standard InChI is InChI=1S/C21H33N3O/c1-15(2)24(16(3)4)11-12-25-20-14-18-8-6-5-7-17(18)13-19(20)21-22-9-10-23-21/h13-16H,5-12H2,1-4H3,(H,22,23). The van der Waals surface area contributed by atoms with Crippen molar-refractivity contribution in [1.82, 2.24) is 10.2 Å². The molecule has 0 spiro atoms. The van der Waals surface area contributed by atoms with E-state index in [-0.39, 0.29) is 0 Å². The zero-order chi connectivity index (χ0) is 17.8. The van der Waals surface area contributed by atoms with Gasteiger partial charge in [0.05, 0.1) is 12.1 Å². The minimum absolute atomic E-state index is 0.535. The van der Waals surface area contributed by atoms with E-state index in [0.29, 0.717) is 12.1 Å². The van der Waals surface area contributed by atoms with Crippen LogP contribution in [-0.2, 0) is 12.8 Å². The van der Waals surface area contributed by atoms with Gasteiger partial charge in [0.15, 0.2) is 0 Å². The molecule has 0 saturated heterocycles. The van der Waals surface area contributed by atoms with Crippen molar-refractivity contribution in [2.24, 2.45) is 4.99 Å². The number of nitrogens with zero attached hydrogens (tertiary/aromatic N) is 2. The van der Waals surface area contributed by atoms with Crippen LogP contribution < -0.4 is 10.1 Å². The number of fused-ring (bicyclic) bond motifs is 1. The summed E-state index contributed by atoms with van der Waals surface area (Å²) in [4.78, 5) is 7.11. The van der Waals surface area contributed by atoms with E-state index in [0.717, 1.165) is 43.4 Å². The Morgan fingerprint density at radius 2 is 1.76 bits per heavy atom. The monoisotopic (exact) mass is 343 g/mol. The molecule has 0 aromatic heterocycles. The second-order valence-electron chi connectivity index (χ2n) is 7.76. The SMILES string of the molecule is CC(C)N(CCOc1cc2c(cc1C1=NCCN1)CCCC2)C(C)C. The lowest BCUT2D eigenvalue weighted by Gasteiger charge is -2.30. The quantitative estimate of drug-likeness (QED) is 0.824. The highest BCUT2D eigenvalue weighted by atomic mass is 16.5. The van der Waals surface area contributed by atoms with Gasteiger partial charge < -0.3 is 10.1 Å². The Morgan fingerprint density at radius 1 is 1.08 bits per heavy atom. The van der Waals surface area contributed by atoms with E-state index in [1.807, 2.05) is 0 Å². The summed E-state index contributed by atoms with van der Waals surface area (Å²) in [5.74, 6) is 2.01. The second kappa shape index (κ2) is 8.22. The summed E-state index contributed by atoms with van der Waals surface area (Å²) in [5.41, 5.74) is 4.10. The van der Waals surface area contributed by atoms with E-state index < -0.39 is 0 Å². The van der Waals surface area contributed by atoms with Gasteiger partial charge in [-0.3, -0.25) is 9.89 Å². The molecule has 0 bridgehead atoms. The van der Waals surface area contributed by atoms with E-state index in [9.17, 15) is 0 Å². The van der Waals surface area contributed by atoms with Crippen molar-refractivity contribution in [2.45, 2.75) is 65.5 Å². The molecule has 1 aliphatic carbocycles. The van der Waals surface area contributed by atoms with E-state index in [1.54, 1.807) is 0 Å². The van der Waals surface area contributed by atoms with Gasteiger partial charge in [-0.2, -0.15) is 0 Å². The molecule has 1 aromatic carbocycles. The Kier molecular flexibility index (Phi) is 6.00. The van der Waals surface area contributed by atoms with Crippen LogP contribution in [0.5, 0.6) is 5.75 Å². The fourth-order valence-corrected chi connectivity index (χ4v) is 4.02. The van der Waals surface area contributed by atoms with Gasteiger partial charge in [0.2, 0.25) is 0 Å². The van der Waals surface area contributed by atoms with Crippen molar-refractivity contribution in [3.63, 3.8) is 0 Å². The maximum absolute atomic E-state index is 6.28. The van der Waals surface area contributed by atoms with Crippen molar-refractivity contribution in [1.29, 1.82) is 0 Å². The minimum Gasteiger partial charge on any atom is -0.491 e. The molecular weight excluding hydrogens is 310 g/mol. The molecule has 3 rings (SSSR count). The molecule has 0 amide bonds. The Bertz CT molecular complexity index is 614. The number of aryl methyl sites for hydroxylation is 2. The third kappa shape index (κ3) is 4.35. The molecule has 0 radical (unpaired) electrons. The van der Waals surface area contributed by atoms with Gasteiger partial charge in [-0.05, 0) is 76.6 Å². The summed E-state index contributed by atoms with van der Waals surface area (Å²) in [7, 11) is 0. The summed E-state index contributed by atoms with van der Waals surface area (Å²) in [6, 6.07) is 5.67. The molecule has 0 atom stereocenters. The van der Waals surface area contributed by atoms with Gasteiger partial charge in [0.1, 0.15) is 18.2 Å². The molecule has 0 unspecified atom stereocenters. The van der Waals surface area contributed by atoms with Crippen LogP contribution in [0, 0.1) is 0 Å². The molecule has 1 aromatic rings. The van der Waals surface area contributed by atoms with Crippen LogP contribution >= 0.6 is 0 Å². The molecule has 4 nitrogen and oxygen atoms in total. The number of hydrogen-bond donors (Lipinski definition) is 1. The molecular formula is C21H33N3O. The molecule has 4 heteroatoms. The molecule has 1 N–H and O–H groups in total. The third-order valence-electron chi connectivity index (χ3n) is 5.31. The van der Waals surface area contributed by atoms with Crippen molar-refractivity contribution >= 4 is 5.84 Å². The van der Waals surface area contributed by atoms with Crippen LogP contribution in [0.25, 0.3) is 0 Å². The first kappa shape index (κ1) is 18.2. The molecule has 1 aliphatic heterocycles. The molecule has 0 saturated carbocycles. The predicted molar refractivity (Wildman–Crippen MR) is 105 cm³/mol. The Balaban J connectivity index is 1.77. The van der Waals surface area contributed by atoms with Crippen molar-refractivity contribution in [2.75, 3.05) is 26.2 Å². The minimum atomic E-state index is 0.535. The van der Waals surface area contributed by atoms with Crippen LogP contribution in [0.15, 0.2) is 17.1 Å². The van der Waals surface area contributed by atoms with Crippen molar-refractivity contribution < 1.29 is 4.74 Å². The first-order valence-electron chi connectivity index (χ1n) is 9.89. The second-order valence-corrected chi connectivity index (χ2v) is 7.76. The average Bonchev–Trinajstić information content (AvgIpc) is 3.11. The first-order chi connectivity index (χ1) is 12.1. The Hall–Kier alpha value is -1.55. The zero-order valence-corrected chi connectivity index (χ0v) is 16.3. The largest absolute Gasteiger partial charge is 0.491 e. The zero-order valence-electron chi connectivity index (χ0n) is 16.3. The van der Waals surface area contributed by atoms with E-state index in [4.69, 9.17) is 4.74 Å². The number of ether oxygens (including phenoxy) is 1. The fourth-order valence-electron chi connectivity index (χ4n) is 4.02. The van der Waals surface area contributed by atoms with Crippen molar-refractivity contribution in [3.05, 3.63) is 28.8 Å². The van der Waals surface area contributed by atoms with Gasteiger partial charge in [0, 0.05) is 25.2 Å². The first-order valence-corrected chi connectivity index (χ1v) is 9.89. The van der Waals surface area contributed by atoms with Crippen LogP contribution in [-0.4, -0.2) is 49.1 Å². The van der Waals surface area contributed by atoms with Gasteiger partial charge in [-0.25, -0.2) is 0 Å². The lowest BCUT2D eigenvalue weighted by atomic mass is 9.89. The van der Waals surface area contributed by atoms with Gasteiger partial charge in [0.25, 0.3) is 0 Å². The lowest BCUT2D eigenvalue weighted by molar-refractivity contribution is 0.142. The molecule has 0 fully saturated rings. The topological polar surface area (TPSA) is 36.9 Å². The van der Waals surface area contributed by atoms with Crippen LogP contribution in [0.1, 0.15) is 57.2 Å². The van der Waals surface area contributed by atoms with Gasteiger partial charge >= 0.3 is 0 Å². The predicted octanol–water partition coefficient (Wildman–Crippen LogP) is 3.41. The van der Waals surface area contributed by atoms with Crippen LogP contribution in [0.4, 0.5) is 0 Å². The van der Waals surface area contributed by atoms with Crippen LogP contribution in [0.2, 0.25) is 0 Å². The smallest absolute Gasteiger partial charge is 0.132 e. The number of aliphatic imine (C=N–C) groups is 1. The summed E-state index contributed by atoms with van der Waals surface area (Å²) in [6.45, 7) is 12.5.